The molecule has 1 fully saturated rings. The monoisotopic (exact) mass is 408 g/mol. The molecule has 1 aromatic carbocycles. The summed E-state index contributed by atoms with van der Waals surface area (Å²) in [6, 6.07) is 10.8. The first-order valence-electron chi connectivity index (χ1n) is 8.74. The van der Waals surface area contributed by atoms with Crippen LogP contribution in [-0.2, 0) is 11.2 Å². The summed E-state index contributed by atoms with van der Waals surface area (Å²) in [4.78, 5) is 7.42. The molecular formula is C20H32OSn. The van der Waals surface area contributed by atoms with Gasteiger partial charge in [0.2, 0.25) is 0 Å². The second kappa shape index (κ2) is 8.01. The van der Waals surface area contributed by atoms with Crippen LogP contribution in [0.4, 0.5) is 0 Å². The minimum absolute atomic E-state index is 0.400. The van der Waals surface area contributed by atoms with Crippen LogP contribution in [0.25, 0.3) is 0 Å². The third-order valence-corrected chi connectivity index (χ3v) is 7.88. The molecule has 1 aromatic rings. The fourth-order valence-electron chi connectivity index (χ4n) is 3.08. The molecule has 1 heterocycles. The van der Waals surface area contributed by atoms with Crippen molar-refractivity contribution in [3.8, 4) is 0 Å². The van der Waals surface area contributed by atoms with Crippen molar-refractivity contribution in [1.82, 2.24) is 0 Å². The summed E-state index contributed by atoms with van der Waals surface area (Å²) in [5.74, 6) is 1.24. The summed E-state index contributed by atoms with van der Waals surface area (Å²) in [6.45, 7) is 4.57. The Bertz CT molecular complexity index is 472. The molecule has 0 N–H and O–H groups in total. The molecule has 122 valence electrons. The van der Waals surface area contributed by atoms with E-state index in [1.54, 1.807) is 0 Å². The summed E-state index contributed by atoms with van der Waals surface area (Å²) in [5, 5.41) is 0. The fourth-order valence-corrected chi connectivity index (χ4v) is 5.43. The Morgan fingerprint density at radius 3 is 2.45 bits per heavy atom. The van der Waals surface area contributed by atoms with Gasteiger partial charge in [-0.15, -0.1) is 0 Å². The van der Waals surface area contributed by atoms with Gasteiger partial charge in [-0.05, 0) is 0 Å². The molecule has 3 atom stereocenters. The van der Waals surface area contributed by atoms with E-state index >= 15 is 0 Å². The Morgan fingerprint density at radius 2 is 1.86 bits per heavy atom. The number of aryl methyl sites for hydroxylation is 1. The zero-order valence-electron chi connectivity index (χ0n) is 14.9. The molecule has 0 aromatic heterocycles. The molecule has 1 nitrogen and oxygen atoms in total. The van der Waals surface area contributed by atoms with Crippen molar-refractivity contribution in [2.45, 2.75) is 60.1 Å². The zero-order chi connectivity index (χ0) is 16.2. The molecule has 2 rings (SSSR count). The average Bonchev–Trinajstić information content (AvgIpc) is 2.87. The molecular weight excluding hydrogens is 375 g/mol. The summed E-state index contributed by atoms with van der Waals surface area (Å²) >= 11 is -1.83. The molecule has 0 amide bonds. The first-order valence-corrected chi connectivity index (χ1v) is 18.9. The topological polar surface area (TPSA) is 9.23 Å². The molecule has 0 unspecified atom stereocenters. The van der Waals surface area contributed by atoms with Gasteiger partial charge in [-0.2, -0.15) is 0 Å². The van der Waals surface area contributed by atoms with Gasteiger partial charge in [0.1, 0.15) is 0 Å². The molecule has 0 spiro atoms. The number of ether oxygens (including phenoxy) is 1. The SMILES string of the molecule is CC(C)[C@H]1C[C@H](/C=[CH]/[Sn]([CH3])([CH3])[CH3])[C@@H](CCc2ccccc2)O1. The van der Waals surface area contributed by atoms with Gasteiger partial charge in [0.15, 0.2) is 0 Å². The van der Waals surface area contributed by atoms with Gasteiger partial charge < -0.3 is 0 Å². The van der Waals surface area contributed by atoms with Gasteiger partial charge in [-0.3, -0.25) is 0 Å². The number of rotatable bonds is 6. The van der Waals surface area contributed by atoms with Crippen LogP contribution in [0, 0.1) is 11.8 Å². The van der Waals surface area contributed by atoms with Crippen LogP contribution < -0.4 is 0 Å². The molecule has 1 aliphatic heterocycles. The molecule has 0 bridgehead atoms. The van der Waals surface area contributed by atoms with Gasteiger partial charge in [0.25, 0.3) is 0 Å². The van der Waals surface area contributed by atoms with Gasteiger partial charge in [-0.25, -0.2) is 0 Å². The van der Waals surface area contributed by atoms with Crippen LogP contribution in [0.3, 0.4) is 0 Å². The minimum atomic E-state index is -1.83. The van der Waals surface area contributed by atoms with Crippen LogP contribution in [-0.4, -0.2) is 30.6 Å². The van der Waals surface area contributed by atoms with E-state index < -0.39 is 18.4 Å². The summed E-state index contributed by atoms with van der Waals surface area (Å²) in [6.07, 6.45) is 6.81. The first kappa shape index (κ1) is 18.1. The van der Waals surface area contributed by atoms with E-state index in [1.165, 1.54) is 12.0 Å². The van der Waals surface area contributed by atoms with Crippen LogP contribution >= 0.6 is 0 Å². The number of hydrogen-bond acceptors (Lipinski definition) is 1. The predicted octanol–water partition coefficient (Wildman–Crippen LogP) is 5.48. The quantitative estimate of drug-likeness (QED) is 0.568. The Balaban J connectivity index is 2.00. The summed E-state index contributed by atoms with van der Waals surface area (Å²) in [5.41, 5.74) is 1.43. The van der Waals surface area contributed by atoms with E-state index in [-0.39, 0.29) is 0 Å². The van der Waals surface area contributed by atoms with Crippen LogP contribution in [0.2, 0.25) is 14.8 Å². The molecule has 22 heavy (non-hydrogen) atoms. The van der Waals surface area contributed by atoms with Gasteiger partial charge >= 0.3 is 141 Å². The van der Waals surface area contributed by atoms with Gasteiger partial charge in [-0.1, -0.05) is 0 Å². The Kier molecular flexibility index (Phi) is 6.57. The van der Waals surface area contributed by atoms with E-state index in [4.69, 9.17) is 4.74 Å². The molecule has 0 radical (unpaired) electrons. The summed E-state index contributed by atoms with van der Waals surface area (Å²) in [7, 11) is 0. The first-order chi connectivity index (χ1) is 10.3. The van der Waals surface area contributed by atoms with Gasteiger partial charge in [0, 0.05) is 0 Å². The van der Waals surface area contributed by atoms with E-state index in [2.05, 4.69) is 69.2 Å². The fraction of sp³-hybridized carbons (Fsp3) is 0.600. The van der Waals surface area contributed by atoms with E-state index in [0.29, 0.717) is 24.0 Å². The van der Waals surface area contributed by atoms with E-state index in [0.717, 1.165) is 12.8 Å². The Labute approximate surface area is 141 Å². The second-order valence-electron chi connectivity index (χ2n) is 8.11. The molecule has 0 saturated carbocycles. The van der Waals surface area contributed by atoms with Crippen molar-refractivity contribution in [2.24, 2.45) is 11.8 Å². The van der Waals surface area contributed by atoms with Crippen LogP contribution in [0.1, 0.15) is 32.3 Å². The summed E-state index contributed by atoms with van der Waals surface area (Å²) < 4.78 is 8.96. The van der Waals surface area contributed by atoms with Crippen LogP contribution in [0.5, 0.6) is 0 Å². The second-order valence-corrected chi connectivity index (χ2v) is 22.6. The Morgan fingerprint density at radius 1 is 1.18 bits per heavy atom. The third kappa shape index (κ3) is 5.73. The third-order valence-electron chi connectivity index (χ3n) is 4.48. The molecule has 0 aliphatic carbocycles. The molecule has 1 saturated heterocycles. The van der Waals surface area contributed by atoms with Gasteiger partial charge in [0.05, 0.1) is 0 Å². The molecule has 2 heteroatoms. The maximum atomic E-state index is 6.39. The van der Waals surface area contributed by atoms with Crippen molar-refractivity contribution in [3.05, 3.63) is 46.1 Å². The normalized spacial score (nSPS) is 26.2. The standard InChI is InChI=1S/C17H23O.3CH3.Sn/c1-4-15-12-17(13(2)3)18-16(15)11-10-14-8-6-5-7-9-14;;;;/h1,4-9,13,15-17H,10-12H2,2-3H3;3*1H3;/t15-,16+,17+;;;;/m0..../s1. The van der Waals surface area contributed by atoms with E-state index in [9.17, 15) is 0 Å². The van der Waals surface area contributed by atoms with Crippen LogP contribution in [0.15, 0.2) is 40.5 Å². The Hall–Kier alpha value is -0.281. The van der Waals surface area contributed by atoms with Crippen molar-refractivity contribution < 1.29 is 4.74 Å². The van der Waals surface area contributed by atoms with Crippen molar-refractivity contribution in [1.29, 1.82) is 0 Å². The molecule has 1 aliphatic rings. The zero-order valence-corrected chi connectivity index (χ0v) is 17.7. The average molecular weight is 407 g/mol. The predicted molar refractivity (Wildman–Crippen MR) is 98.9 cm³/mol. The number of benzene rings is 1. The van der Waals surface area contributed by atoms with E-state index in [1.807, 2.05) is 0 Å². The van der Waals surface area contributed by atoms with Crippen molar-refractivity contribution >= 4 is 18.4 Å². The van der Waals surface area contributed by atoms with Crippen molar-refractivity contribution in [3.63, 3.8) is 0 Å². The maximum absolute atomic E-state index is 6.39. The number of hydrogen-bond donors (Lipinski definition) is 0. The van der Waals surface area contributed by atoms with Crippen molar-refractivity contribution in [2.75, 3.05) is 0 Å².